The van der Waals surface area contributed by atoms with E-state index >= 15 is 0 Å². The Hall–Kier alpha value is -2.23. The van der Waals surface area contributed by atoms with Crippen LogP contribution >= 0.6 is 0 Å². The Morgan fingerprint density at radius 3 is 2.45 bits per heavy atom. The number of hydrogen-bond donors (Lipinski definition) is 0. The van der Waals surface area contributed by atoms with Gasteiger partial charge in [0.05, 0.1) is 12.3 Å². The van der Waals surface area contributed by atoms with E-state index in [2.05, 4.69) is 22.1 Å². The van der Waals surface area contributed by atoms with Crippen molar-refractivity contribution in [3.8, 4) is 5.75 Å². The third-order valence-corrected chi connectivity index (χ3v) is 3.27. The number of azo groups is 1. The molecule has 4 nitrogen and oxygen atoms in total. The van der Waals surface area contributed by atoms with Gasteiger partial charge in [-0.05, 0) is 49.2 Å². The van der Waals surface area contributed by atoms with E-state index in [-0.39, 0.29) is 0 Å². The molecule has 0 unspecified atom stereocenters. The SMILES string of the molecule is CCCCCCOc1ccc(/N=N/c2ccc(C)cn2)cc1. The number of aromatic nitrogens is 1. The molecule has 4 heteroatoms. The summed E-state index contributed by atoms with van der Waals surface area (Å²) in [6, 6.07) is 11.5. The lowest BCUT2D eigenvalue weighted by molar-refractivity contribution is 0.305. The average molecular weight is 297 g/mol. The summed E-state index contributed by atoms with van der Waals surface area (Å²) in [5.41, 5.74) is 1.90. The summed E-state index contributed by atoms with van der Waals surface area (Å²) in [6.45, 7) is 4.98. The highest BCUT2D eigenvalue weighted by molar-refractivity contribution is 5.41. The third-order valence-electron chi connectivity index (χ3n) is 3.27. The molecular formula is C18H23N3O. The maximum Gasteiger partial charge on any atom is 0.174 e. The maximum absolute atomic E-state index is 5.70. The van der Waals surface area contributed by atoms with Gasteiger partial charge in [0.1, 0.15) is 5.75 Å². The van der Waals surface area contributed by atoms with Gasteiger partial charge in [0.25, 0.3) is 0 Å². The number of ether oxygens (including phenoxy) is 1. The fourth-order valence-electron chi connectivity index (χ4n) is 1.96. The minimum Gasteiger partial charge on any atom is -0.494 e. The number of aryl methyl sites for hydroxylation is 1. The Morgan fingerprint density at radius 1 is 0.955 bits per heavy atom. The van der Waals surface area contributed by atoms with Crippen LogP contribution in [0.4, 0.5) is 11.5 Å². The number of nitrogens with zero attached hydrogens (tertiary/aromatic N) is 3. The lowest BCUT2D eigenvalue weighted by atomic mass is 10.2. The van der Waals surface area contributed by atoms with Crippen LogP contribution in [-0.2, 0) is 0 Å². The second-order valence-electron chi connectivity index (χ2n) is 5.30. The zero-order chi connectivity index (χ0) is 15.6. The molecule has 0 radical (unpaired) electrons. The molecule has 0 aliphatic heterocycles. The third kappa shape index (κ3) is 5.64. The second kappa shape index (κ2) is 8.93. The molecule has 2 aromatic rings. The minimum atomic E-state index is 0.613. The average Bonchev–Trinajstić information content (AvgIpc) is 2.55. The van der Waals surface area contributed by atoms with Crippen LogP contribution in [0.1, 0.15) is 38.2 Å². The van der Waals surface area contributed by atoms with E-state index in [4.69, 9.17) is 4.74 Å². The Labute approximate surface area is 132 Å². The van der Waals surface area contributed by atoms with Crippen LogP contribution in [0, 0.1) is 6.92 Å². The van der Waals surface area contributed by atoms with Crippen LogP contribution in [0.25, 0.3) is 0 Å². The first kappa shape index (κ1) is 16.1. The lowest BCUT2D eigenvalue weighted by Gasteiger charge is -2.05. The topological polar surface area (TPSA) is 46.8 Å². The van der Waals surface area contributed by atoms with Gasteiger partial charge < -0.3 is 4.74 Å². The first-order valence-corrected chi connectivity index (χ1v) is 7.85. The molecule has 1 aromatic carbocycles. The Morgan fingerprint density at radius 2 is 1.77 bits per heavy atom. The predicted molar refractivity (Wildman–Crippen MR) is 89.2 cm³/mol. The highest BCUT2D eigenvalue weighted by Gasteiger charge is 1.96. The Kier molecular flexibility index (Phi) is 6.55. The van der Waals surface area contributed by atoms with Crippen LogP contribution in [-0.4, -0.2) is 11.6 Å². The molecule has 0 spiro atoms. The molecule has 116 valence electrons. The van der Waals surface area contributed by atoms with Gasteiger partial charge >= 0.3 is 0 Å². The van der Waals surface area contributed by atoms with Gasteiger partial charge in [-0.15, -0.1) is 10.2 Å². The highest BCUT2D eigenvalue weighted by atomic mass is 16.5. The molecule has 0 N–H and O–H groups in total. The Balaban J connectivity index is 1.82. The largest absolute Gasteiger partial charge is 0.494 e. The summed E-state index contributed by atoms with van der Waals surface area (Å²) in [7, 11) is 0. The summed E-state index contributed by atoms with van der Waals surface area (Å²) in [4.78, 5) is 4.19. The van der Waals surface area contributed by atoms with E-state index < -0.39 is 0 Å². The van der Waals surface area contributed by atoms with Crippen LogP contribution < -0.4 is 4.74 Å². The summed E-state index contributed by atoms with van der Waals surface area (Å²) >= 11 is 0. The van der Waals surface area contributed by atoms with Gasteiger partial charge in [0.15, 0.2) is 5.82 Å². The van der Waals surface area contributed by atoms with Crippen molar-refractivity contribution in [3.05, 3.63) is 48.2 Å². The van der Waals surface area contributed by atoms with E-state index in [1.807, 2.05) is 43.3 Å². The molecule has 0 saturated heterocycles. The van der Waals surface area contributed by atoms with E-state index in [9.17, 15) is 0 Å². The number of pyridine rings is 1. The van der Waals surface area contributed by atoms with Gasteiger partial charge in [0.2, 0.25) is 0 Å². The number of rotatable bonds is 8. The van der Waals surface area contributed by atoms with E-state index in [0.29, 0.717) is 5.82 Å². The van der Waals surface area contributed by atoms with Crippen molar-refractivity contribution in [1.29, 1.82) is 0 Å². The van der Waals surface area contributed by atoms with Crippen LogP contribution in [0.3, 0.4) is 0 Å². The van der Waals surface area contributed by atoms with Crippen molar-refractivity contribution < 1.29 is 4.74 Å². The van der Waals surface area contributed by atoms with Crippen molar-refractivity contribution >= 4 is 11.5 Å². The first-order valence-electron chi connectivity index (χ1n) is 7.85. The predicted octanol–water partition coefficient (Wildman–Crippen LogP) is 5.76. The van der Waals surface area contributed by atoms with Crippen LogP contribution in [0.5, 0.6) is 5.75 Å². The van der Waals surface area contributed by atoms with E-state index in [1.165, 1.54) is 19.3 Å². The standard InChI is InChI=1S/C18H23N3O/c1-3-4-5-6-13-22-17-10-8-16(9-11-17)20-21-18-12-7-15(2)14-19-18/h7-12,14H,3-6,13H2,1-2H3/b21-20+. The normalized spacial score (nSPS) is 11.0. The second-order valence-corrected chi connectivity index (χ2v) is 5.30. The van der Waals surface area contributed by atoms with Gasteiger partial charge in [-0.25, -0.2) is 4.98 Å². The van der Waals surface area contributed by atoms with Crippen molar-refractivity contribution in [2.75, 3.05) is 6.61 Å². The molecule has 0 amide bonds. The zero-order valence-corrected chi connectivity index (χ0v) is 13.3. The summed E-state index contributed by atoms with van der Waals surface area (Å²) in [5.74, 6) is 1.49. The maximum atomic E-state index is 5.70. The molecule has 0 atom stereocenters. The van der Waals surface area contributed by atoms with Crippen LogP contribution in [0.2, 0.25) is 0 Å². The molecule has 0 saturated carbocycles. The highest BCUT2D eigenvalue weighted by Crippen LogP contribution is 2.20. The van der Waals surface area contributed by atoms with Crippen molar-refractivity contribution in [2.24, 2.45) is 10.2 Å². The van der Waals surface area contributed by atoms with Gasteiger partial charge in [0, 0.05) is 6.20 Å². The summed E-state index contributed by atoms with van der Waals surface area (Å²) in [6.07, 6.45) is 6.63. The molecule has 0 aliphatic rings. The molecule has 22 heavy (non-hydrogen) atoms. The van der Waals surface area contributed by atoms with Crippen molar-refractivity contribution in [3.63, 3.8) is 0 Å². The number of benzene rings is 1. The molecule has 0 bridgehead atoms. The number of hydrogen-bond acceptors (Lipinski definition) is 4. The molecular weight excluding hydrogens is 274 g/mol. The van der Waals surface area contributed by atoms with E-state index in [0.717, 1.165) is 30.0 Å². The van der Waals surface area contributed by atoms with Gasteiger partial charge in [-0.2, -0.15) is 0 Å². The monoisotopic (exact) mass is 297 g/mol. The fraction of sp³-hybridized carbons (Fsp3) is 0.389. The van der Waals surface area contributed by atoms with Crippen LogP contribution in [0.15, 0.2) is 52.8 Å². The van der Waals surface area contributed by atoms with E-state index in [1.54, 1.807) is 6.20 Å². The molecule has 1 heterocycles. The number of unbranched alkanes of at least 4 members (excludes halogenated alkanes) is 3. The van der Waals surface area contributed by atoms with Crippen molar-refractivity contribution in [2.45, 2.75) is 39.5 Å². The molecule has 0 aliphatic carbocycles. The Bertz CT molecular complexity index is 576. The smallest absolute Gasteiger partial charge is 0.174 e. The van der Waals surface area contributed by atoms with Gasteiger partial charge in [-0.1, -0.05) is 32.3 Å². The zero-order valence-electron chi connectivity index (χ0n) is 13.3. The fourth-order valence-corrected chi connectivity index (χ4v) is 1.96. The first-order chi connectivity index (χ1) is 10.8. The summed E-state index contributed by atoms with van der Waals surface area (Å²) < 4.78 is 5.70. The lowest BCUT2D eigenvalue weighted by Crippen LogP contribution is -1.96. The molecule has 2 rings (SSSR count). The van der Waals surface area contributed by atoms with Gasteiger partial charge in [-0.3, -0.25) is 0 Å². The summed E-state index contributed by atoms with van der Waals surface area (Å²) in [5, 5.41) is 8.29. The minimum absolute atomic E-state index is 0.613. The van der Waals surface area contributed by atoms with Crippen molar-refractivity contribution in [1.82, 2.24) is 4.98 Å². The quantitative estimate of drug-likeness (QED) is 0.459. The molecule has 0 fully saturated rings. The molecule has 1 aromatic heterocycles.